The summed E-state index contributed by atoms with van der Waals surface area (Å²) in [6.07, 6.45) is 6.68. The van der Waals surface area contributed by atoms with Crippen LogP contribution >= 0.6 is 0 Å². The fourth-order valence-corrected chi connectivity index (χ4v) is 3.43. The molecule has 1 aliphatic heterocycles. The number of carbonyl (C=O) groups is 2. The third-order valence-corrected chi connectivity index (χ3v) is 4.60. The lowest BCUT2D eigenvalue weighted by Crippen LogP contribution is -2.25. The lowest BCUT2D eigenvalue weighted by Gasteiger charge is -2.19. The Balaban J connectivity index is 1.53. The van der Waals surface area contributed by atoms with Crippen LogP contribution in [0.25, 0.3) is 0 Å². The third kappa shape index (κ3) is 2.75. The molecular weight excluding hydrogens is 306 g/mol. The zero-order valence-corrected chi connectivity index (χ0v) is 13.2. The molecule has 124 valence electrons. The summed E-state index contributed by atoms with van der Waals surface area (Å²) in [5.41, 5.74) is 1.95. The Morgan fingerprint density at radius 2 is 2.08 bits per heavy atom. The van der Waals surface area contributed by atoms with Gasteiger partial charge >= 0.3 is 0 Å². The predicted octanol–water partition coefficient (Wildman–Crippen LogP) is 3.19. The van der Waals surface area contributed by atoms with Crippen LogP contribution in [0, 0.1) is 0 Å². The molecule has 2 aliphatic rings. The number of amides is 2. The monoisotopic (exact) mass is 325 g/mol. The number of anilines is 2. The first-order valence-corrected chi connectivity index (χ1v) is 8.25. The van der Waals surface area contributed by atoms with Crippen LogP contribution in [0.4, 0.5) is 11.4 Å². The number of rotatable bonds is 3. The maximum Gasteiger partial charge on any atom is 0.272 e. The summed E-state index contributed by atoms with van der Waals surface area (Å²) in [5, 5.41) is 5.65. The van der Waals surface area contributed by atoms with Gasteiger partial charge in [0, 0.05) is 24.0 Å². The molecule has 0 bridgehead atoms. The first kappa shape index (κ1) is 14.8. The van der Waals surface area contributed by atoms with Crippen molar-refractivity contribution >= 4 is 23.2 Å². The molecule has 2 heterocycles. The Hall–Kier alpha value is -2.76. The quantitative estimate of drug-likeness (QED) is 0.910. The van der Waals surface area contributed by atoms with Crippen molar-refractivity contribution < 1.29 is 14.3 Å². The summed E-state index contributed by atoms with van der Waals surface area (Å²) in [5.74, 6) is 0.263. The summed E-state index contributed by atoms with van der Waals surface area (Å²) in [7, 11) is 0. The van der Waals surface area contributed by atoms with E-state index in [0.717, 1.165) is 12.8 Å². The number of nitrogens with zero attached hydrogens (tertiary/aromatic N) is 1. The van der Waals surface area contributed by atoms with E-state index in [4.69, 9.17) is 4.74 Å². The molecular formula is C18H19N3O3. The number of fused-ring (bicyclic) bond motifs is 1. The van der Waals surface area contributed by atoms with Gasteiger partial charge in [0.15, 0.2) is 6.61 Å². The van der Waals surface area contributed by atoms with Crippen LogP contribution in [0.5, 0.6) is 5.75 Å². The Bertz CT molecular complexity index is 791. The Kier molecular flexibility index (Phi) is 3.72. The first-order valence-electron chi connectivity index (χ1n) is 8.25. The van der Waals surface area contributed by atoms with Crippen LogP contribution in [0.1, 0.15) is 42.2 Å². The highest BCUT2D eigenvalue weighted by Gasteiger charge is 2.22. The summed E-state index contributed by atoms with van der Waals surface area (Å²) >= 11 is 0. The number of ether oxygens (including phenoxy) is 1. The van der Waals surface area contributed by atoms with E-state index in [-0.39, 0.29) is 18.4 Å². The summed E-state index contributed by atoms with van der Waals surface area (Å²) < 4.78 is 7.47. The van der Waals surface area contributed by atoms with E-state index in [1.54, 1.807) is 18.2 Å². The molecule has 1 aliphatic carbocycles. The molecule has 2 N–H and O–H groups in total. The zero-order valence-electron chi connectivity index (χ0n) is 13.2. The van der Waals surface area contributed by atoms with E-state index < -0.39 is 0 Å². The minimum atomic E-state index is -0.173. The number of benzene rings is 1. The molecule has 2 amide bonds. The Labute approximate surface area is 139 Å². The van der Waals surface area contributed by atoms with Crippen molar-refractivity contribution in [2.45, 2.75) is 31.7 Å². The van der Waals surface area contributed by atoms with Crippen molar-refractivity contribution in [1.29, 1.82) is 0 Å². The maximum absolute atomic E-state index is 12.6. The maximum atomic E-state index is 12.6. The topological polar surface area (TPSA) is 72.4 Å². The number of hydrogen-bond acceptors (Lipinski definition) is 3. The van der Waals surface area contributed by atoms with Crippen molar-refractivity contribution in [3.8, 4) is 5.75 Å². The van der Waals surface area contributed by atoms with Gasteiger partial charge in [-0.15, -0.1) is 0 Å². The third-order valence-electron chi connectivity index (χ3n) is 4.60. The lowest BCUT2D eigenvalue weighted by atomic mass is 10.2. The molecule has 0 atom stereocenters. The normalized spacial score (nSPS) is 17.1. The second-order valence-corrected chi connectivity index (χ2v) is 6.24. The van der Waals surface area contributed by atoms with E-state index in [9.17, 15) is 9.59 Å². The average molecular weight is 325 g/mol. The van der Waals surface area contributed by atoms with Gasteiger partial charge in [0.2, 0.25) is 0 Å². The molecule has 6 nitrogen and oxygen atoms in total. The molecule has 0 spiro atoms. The van der Waals surface area contributed by atoms with Gasteiger partial charge in [0.1, 0.15) is 11.4 Å². The van der Waals surface area contributed by atoms with Crippen LogP contribution in [0.15, 0.2) is 36.5 Å². The van der Waals surface area contributed by atoms with Gasteiger partial charge < -0.3 is 19.9 Å². The summed E-state index contributed by atoms with van der Waals surface area (Å²) in [4.78, 5) is 23.9. The highest BCUT2D eigenvalue weighted by molar-refractivity contribution is 6.04. The second kappa shape index (κ2) is 6.03. The van der Waals surface area contributed by atoms with Gasteiger partial charge in [0.25, 0.3) is 11.8 Å². The van der Waals surface area contributed by atoms with E-state index >= 15 is 0 Å². The molecule has 1 fully saturated rings. The molecule has 1 saturated carbocycles. The van der Waals surface area contributed by atoms with Gasteiger partial charge in [-0.05, 0) is 37.1 Å². The molecule has 2 aromatic rings. The molecule has 1 aromatic heterocycles. The average Bonchev–Trinajstić information content (AvgIpc) is 3.25. The standard InChI is InChI=1S/C18H19N3O3/c22-17-11-24-16-10-12(7-8-14(16)20-17)19-18(23)15-6-3-9-21(15)13-4-1-2-5-13/h3,6-10,13H,1-2,4-5,11H2,(H,19,23)(H,20,22). The minimum absolute atomic E-state index is 0.00503. The molecule has 1 aromatic carbocycles. The molecule has 0 unspecified atom stereocenters. The van der Waals surface area contributed by atoms with Gasteiger partial charge in [-0.25, -0.2) is 0 Å². The van der Waals surface area contributed by atoms with Crippen LogP contribution in [0.2, 0.25) is 0 Å². The summed E-state index contributed by atoms with van der Waals surface area (Å²) in [6.45, 7) is -0.00503. The van der Waals surface area contributed by atoms with Gasteiger partial charge in [0.05, 0.1) is 5.69 Å². The van der Waals surface area contributed by atoms with Gasteiger partial charge in [-0.3, -0.25) is 9.59 Å². The lowest BCUT2D eigenvalue weighted by molar-refractivity contribution is -0.118. The SMILES string of the molecule is O=C1COc2cc(NC(=O)c3cccn3C3CCCC3)ccc2N1. The largest absolute Gasteiger partial charge is 0.482 e. The van der Waals surface area contributed by atoms with Crippen LogP contribution in [0.3, 0.4) is 0 Å². The fourth-order valence-electron chi connectivity index (χ4n) is 3.43. The molecule has 0 saturated heterocycles. The number of aromatic nitrogens is 1. The highest BCUT2D eigenvalue weighted by Crippen LogP contribution is 2.32. The van der Waals surface area contributed by atoms with Crippen molar-refractivity contribution in [1.82, 2.24) is 4.57 Å². The number of nitrogens with one attached hydrogen (secondary N) is 2. The van der Waals surface area contributed by atoms with Gasteiger partial charge in [-0.2, -0.15) is 0 Å². The van der Waals surface area contributed by atoms with E-state index in [2.05, 4.69) is 15.2 Å². The van der Waals surface area contributed by atoms with Crippen LogP contribution in [-0.4, -0.2) is 23.0 Å². The fraction of sp³-hybridized carbons (Fsp3) is 0.333. The Morgan fingerprint density at radius 1 is 1.25 bits per heavy atom. The number of hydrogen-bond donors (Lipinski definition) is 2. The molecule has 24 heavy (non-hydrogen) atoms. The smallest absolute Gasteiger partial charge is 0.272 e. The van der Waals surface area contributed by atoms with Crippen molar-refractivity contribution in [2.24, 2.45) is 0 Å². The minimum Gasteiger partial charge on any atom is -0.482 e. The van der Waals surface area contributed by atoms with Crippen molar-refractivity contribution in [2.75, 3.05) is 17.2 Å². The van der Waals surface area contributed by atoms with Crippen LogP contribution in [-0.2, 0) is 4.79 Å². The van der Waals surface area contributed by atoms with Crippen molar-refractivity contribution in [3.63, 3.8) is 0 Å². The van der Waals surface area contributed by atoms with Gasteiger partial charge in [-0.1, -0.05) is 12.8 Å². The van der Waals surface area contributed by atoms with E-state index in [1.165, 1.54) is 12.8 Å². The summed E-state index contributed by atoms with van der Waals surface area (Å²) in [6, 6.07) is 9.41. The number of carbonyl (C=O) groups excluding carboxylic acids is 2. The highest BCUT2D eigenvalue weighted by atomic mass is 16.5. The molecule has 0 radical (unpaired) electrons. The zero-order chi connectivity index (χ0) is 16.5. The predicted molar refractivity (Wildman–Crippen MR) is 90.5 cm³/mol. The van der Waals surface area contributed by atoms with E-state index in [0.29, 0.717) is 28.9 Å². The first-order chi connectivity index (χ1) is 11.7. The molecule has 6 heteroatoms. The van der Waals surface area contributed by atoms with E-state index in [1.807, 2.05) is 18.3 Å². The molecule has 4 rings (SSSR count). The Morgan fingerprint density at radius 3 is 2.92 bits per heavy atom. The van der Waals surface area contributed by atoms with Crippen LogP contribution < -0.4 is 15.4 Å². The van der Waals surface area contributed by atoms with Crippen molar-refractivity contribution in [3.05, 3.63) is 42.2 Å². The second-order valence-electron chi connectivity index (χ2n) is 6.24.